The van der Waals surface area contributed by atoms with Gasteiger partial charge in [0, 0.05) is 17.8 Å². The lowest BCUT2D eigenvalue weighted by Crippen LogP contribution is -2.29. The van der Waals surface area contributed by atoms with Gasteiger partial charge in [-0.05, 0) is 86.9 Å². The van der Waals surface area contributed by atoms with E-state index in [9.17, 15) is 9.18 Å². The summed E-state index contributed by atoms with van der Waals surface area (Å²) >= 11 is 0. The van der Waals surface area contributed by atoms with Gasteiger partial charge in [0.25, 0.3) is 0 Å². The van der Waals surface area contributed by atoms with Crippen LogP contribution in [0, 0.1) is 5.82 Å². The molecule has 2 aromatic heterocycles. The van der Waals surface area contributed by atoms with Gasteiger partial charge in [-0.1, -0.05) is 6.92 Å². The summed E-state index contributed by atoms with van der Waals surface area (Å²) in [6.45, 7) is 4.18. The number of esters is 1. The molecule has 0 atom stereocenters. The van der Waals surface area contributed by atoms with E-state index in [0.29, 0.717) is 23.6 Å². The third-order valence-electron chi connectivity index (χ3n) is 6.23. The second kappa shape index (κ2) is 11.3. The van der Waals surface area contributed by atoms with Crippen LogP contribution in [0.1, 0.15) is 42.6 Å². The Kier molecular flexibility index (Phi) is 7.51. The Balaban J connectivity index is 1.45. The number of carbonyl (C=O) groups excluding carboxylic acids is 1. The molecule has 0 unspecified atom stereocenters. The first kappa shape index (κ1) is 24.6. The molecule has 3 heterocycles. The van der Waals surface area contributed by atoms with Gasteiger partial charge in [-0.15, -0.1) is 0 Å². The van der Waals surface area contributed by atoms with Gasteiger partial charge in [0.1, 0.15) is 11.6 Å². The first-order valence-electron chi connectivity index (χ1n) is 12.4. The number of piperidine rings is 1. The Labute approximate surface area is 214 Å². The molecule has 4 aromatic rings. The molecule has 0 aliphatic carbocycles. The van der Waals surface area contributed by atoms with E-state index in [0.717, 1.165) is 49.3 Å². The molecule has 2 aromatic carbocycles. The van der Waals surface area contributed by atoms with Crippen LogP contribution in [-0.2, 0) is 4.74 Å². The molecule has 9 heteroatoms. The van der Waals surface area contributed by atoms with Crippen molar-refractivity contribution in [3.8, 4) is 34.4 Å². The van der Waals surface area contributed by atoms with Crippen molar-refractivity contribution >= 4 is 5.97 Å². The van der Waals surface area contributed by atoms with Crippen LogP contribution >= 0.6 is 0 Å². The molecular weight excluding hydrogens is 473 g/mol. The Morgan fingerprint density at radius 1 is 1.05 bits per heavy atom. The first-order valence-corrected chi connectivity index (χ1v) is 12.4. The predicted octanol–water partition coefficient (Wildman–Crippen LogP) is 5.43. The number of halogens is 1. The zero-order chi connectivity index (χ0) is 25.6. The van der Waals surface area contributed by atoms with Gasteiger partial charge in [-0.2, -0.15) is 4.98 Å². The van der Waals surface area contributed by atoms with Crippen LogP contribution in [-0.4, -0.2) is 45.2 Å². The lowest BCUT2D eigenvalue weighted by molar-refractivity contribution is 0.0505. The molecule has 8 nitrogen and oxygen atoms in total. The quantitative estimate of drug-likeness (QED) is 0.322. The minimum Gasteiger partial charge on any atom is -0.462 e. The summed E-state index contributed by atoms with van der Waals surface area (Å²) in [5.74, 6) is -0.175. The number of benzene rings is 2. The standard InChI is InChI=1S/C28H28FN5O3/c1-2-17-36-27(35)20-5-9-23(10-6-20)37-28-31-16-13-24(33-28)26-25(19-3-7-21(29)8-4-19)32-18-34(26)22-11-14-30-15-12-22/h3-10,13,16,18,22,30H,2,11-12,14-15,17H2,1H3. The molecule has 0 amide bonds. The highest BCUT2D eigenvalue weighted by Gasteiger charge is 2.23. The Morgan fingerprint density at radius 2 is 1.81 bits per heavy atom. The molecule has 5 rings (SSSR count). The van der Waals surface area contributed by atoms with Crippen molar-refractivity contribution < 1.29 is 18.7 Å². The number of imidazole rings is 1. The fraction of sp³-hybridized carbons (Fsp3) is 0.286. The SMILES string of the molecule is CCCOC(=O)c1ccc(Oc2nccc(-c3c(-c4ccc(F)cc4)ncn3C3CCNCC3)n2)cc1. The van der Waals surface area contributed by atoms with Crippen molar-refractivity contribution in [3.05, 3.63) is 78.5 Å². The molecule has 190 valence electrons. The largest absolute Gasteiger partial charge is 0.462 e. The van der Waals surface area contributed by atoms with Gasteiger partial charge in [-0.3, -0.25) is 0 Å². The molecular formula is C28H28FN5O3. The van der Waals surface area contributed by atoms with Crippen LogP contribution in [0.2, 0.25) is 0 Å². The number of nitrogens with one attached hydrogen (secondary N) is 1. The van der Waals surface area contributed by atoms with E-state index in [1.54, 1.807) is 42.6 Å². The van der Waals surface area contributed by atoms with Crippen molar-refractivity contribution in [1.82, 2.24) is 24.8 Å². The third kappa shape index (κ3) is 5.67. The topological polar surface area (TPSA) is 91.2 Å². The zero-order valence-corrected chi connectivity index (χ0v) is 20.6. The summed E-state index contributed by atoms with van der Waals surface area (Å²) in [5.41, 5.74) is 3.46. The van der Waals surface area contributed by atoms with Crippen LogP contribution in [0.25, 0.3) is 22.6 Å². The molecule has 0 spiro atoms. The molecule has 1 N–H and O–H groups in total. The van der Waals surface area contributed by atoms with Gasteiger partial charge in [-0.25, -0.2) is 19.2 Å². The molecule has 1 fully saturated rings. The number of ether oxygens (including phenoxy) is 2. The van der Waals surface area contributed by atoms with Crippen molar-refractivity contribution in [2.24, 2.45) is 0 Å². The monoisotopic (exact) mass is 501 g/mol. The van der Waals surface area contributed by atoms with E-state index in [4.69, 9.17) is 19.4 Å². The van der Waals surface area contributed by atoms with Crippen LogP contribution in [0.5, 0.6) is 11.8 Å². The normalized spacial score (nSPS) is 13.9. The summed E-state index contributed by atoms with van der Waals surface area (Å²) in [4.78, 5) is 25.7. The molecule has 0 saturated carbocycles. The van der Waals surface area contributed by atoms with Crippen LogP contribution in [0.15, 0.2) is 67.1 Å². The Bertz CT molecular complexity index is 1350. The van der Waals surface area contributed by atoms with E-state index >= 15 is 0 Å². The summed E-state index contributed by atoms with van der Waals surface area (Å²) in [6, 6.07) is 15.2. The number of aromatic nitrogens is 4. The second-order valence-corrected chi connectivity index (χ2v) is 8.82. The lowest BCUT2D eigenvalue weighted by Gasteiger charge is -2.25. The minimum atomic E-state index is -0.369. The molecule has 37 heavy (non-hydrogen) atoms. The number of nitrogens with zero attached hydrogens (tertiary/aromatic N) is 4. The van der Waals surface area contributed by atoms with Crippen LogP contribution < -0.4 is 10.1 Å². The van der Waals surface area contributed by atoms with Gasteiger partial charge in [0.05, 0.1) is 35.6 Å². The highest BCUT2D eigenvalue weighted by atomic mass is 19.1. The average molecular weight is 502 g/mol. The van der Waals surface area contributed by atoms with Gasteiger partial charge >= 0.3 is 12.0 Å². The molecule has 0 bridgehead atoms. The predicted molar refractivity (Wildman–Crippen MR) is 137 cm³/mol. The maximum atomic E-state index is 13.6. The third-order valence-corrected chi connectivity index (χ3v) is 6.23. The average Bonchev–Trinajstić information content (AvgIpc) is 3.38. The van der Waals surface area contributed by atoms with Crippen LogP contribution in [0.3, 0.4) is 0 Å². The van der Waals surface area contributed by atoms with E-state index in [1.807, 2.05) is 19.3 Å². The summed E-state index contributed by atoms with van der Waals surface area (Å²) in [5, 5.41) is 3.40. The lowest BCUT2D eigenvalue weighted by atomic mass is 10.0. The number of hydrogen-bond acceptors (Lipinski definition) is 7. The molecule has 0 radical (unpaired) electrons. The molecule has 1 saturated heterocycles. The molecule has 1 aliphatic rings. The van der Waals surface area contributed by atoms with Gasteiger partial charge in [0.2, 0.25) is 0 Å². The minimum absolute atomic E-state index is 0.168. The van der Waals surface area contributed by atoms with E-state index in [1.165, 1.54) is 12.1 Å². The van der Waals surface area contributed by atoms with E-state index in [-0.39, 0.29) is 23.8 Å². The number of carbonyl (C=O) groups is 1. The maximum Gasteiger partial charge on any atom is 0.338 e. The summed E-state index contributed by atoms with van der Waals surface area (Å²) in [6.07, 6.45) is 6.17. The summed E-state index contributed by atoms with van der Waals surface area (Å²) in [7, 11) is 0. The maximum absolute atomic E-state index is 13.6. The Hall–Kier alpha value is -4.11. The van der Waals surface area contributed by atoms with Crippen LogP contribution in [0.4, 0.5) is 4.39 Å². The highest BCUT2D eigenvalue weighted by molar-refractivity contribution is 5.89. The fourth-order valence-electron chi connectivity index (χ4n) is 4.36. The van der Waals surface area contributed by atoms with E-state index < -0.39 is 0 Å². The van der Waals surface area contributed by atoms with Gasteiger partial charge < -0.3 is 19.4 Å². The smallest absolute Gasteiger partial charge is 0.338 e. The zero-order valence-electron chi connectivity index (χ0n) is 20.6. The van der Waals surface area contributed by atoms with Crippen molar-refractivity contribution in [2.75, 3.05) is 19.7 Å². The first-order chi connectivity index (χ1) is 18.1. The second-order valence-electron chi connectivity index (χ2n) is 8.82. The fourth-order valence-corrected chi connectivity index (χ4v) is 4.36. The van der Waals surface area contributed by atoms with Crippen molar-refractivity contribution in [3.63, 3.8) is 0 Å². The summed E-state index contributed by atoms with van der Waals surface area (Å²) < 4.78 is 26.9. The van der Waals surface area contributed by atoms with E-state index in [2.05, 4.69) is 14.9 Å². The molecule has 1 aliphatic heterocycles. The van der Waals surface area contributed by atoms with Crippen molar-refractivity contribution in [2.45, 2.75) is 32.2 Å². The Morgan fingerprint density at radius 3 is 2.54 bits per heavy atom. The highest BCUT2D eigenvalue weighted by Crippen LogP contribution is 2.35. The number of hydrogen-bond donors (Lipinski definition) is 1. The number of rotatable bonds is 8. The van der Waals surface area contributed by atoms with Gasteiger partial charge in [0.15, 0.2) is 0 Å². The van der Waals surface area contributed by atoms with Crippen molar-refractivity contribution in [1.29, 1.82) is 0 Å².